The molecule has 1 amide bonds. The van der Waals surface area contributed by atoms with Crippen LogP contribution < -0.4 is 10.1 Å². The Hall–Kier alpha value is -2.54. The van der Waals surface area contributed by atoms with Crippen molar-refractivity contribution in [1.29, 1.82) is 0 Å². The molecule has 1 aromatic heterocycles. The number of benzene rings is 1. The summed E-state index contributed by atoms with van der Waals surface area (Å²) in [4.78, 5) is 18.7. The molecule has 0 aliphatic carbocycles. The molecular formula is C21H25F2N3O2. The highest BCUT2D eigenvalue weighted by molar-refractivity contribution is 5.95. The van der Waals surface area contributed by atoms with Crippen molar-refractivity contribution in [3.63, 3.8) is 0 Å². The monoisotopic (exact) mass is 389 g/mol. The van der Waals surface area contributed by atoms with E-state index in [1.54, 1.807) is 42.3 Å². The minimum absolute atomic E-state index is 0.0707. The number of hydrogen-bond donors (Lipinski definition) is 1. The average Bonchev–Trinajstić information content (AvgIpc) is 2.73. The maximum absolute atomic E-state index is 14.3. The van der Waals surface area contributed by atoms with E-state index >= 15 is 0 Å². The first-order valence-electron chi connectivity index (χ1n) is 9.53. The Bertz CT molecular complexity index is 823. The third-order valence-corrected chi connectivity index (χ3v) is 5.02. The van der Waals surface area contributed by atoms with E-state index in [1.807, 2.05) is 0 Å². The topological polar surface area (TPSA) is 54.5 Å². The van der Waals surface area contributed by atoms with Crippen LogP contribution in [0, 0.1) is 5.92 Å². The van der Waals surface area contributed by atoms with Crippen molar-refractivity contribution < 1.29 is 18.3 Å². The van der Waals surface area contributed by atoms with Crippen LogP contribution in [0.4, 0.5) is 8.78 Å². The van der Waals surface area contributed by atoms with Crippen LogP contribution in [-0.2, 0) is 0 Å². The van der Waals surface area contributed by atoms with Crippen LogP contribution in [-0.4, -0.2) is 48.1 Å². The van der Waals surface area contributed by atoms with Crippen molar-refractivity contribution in [3.05, 3.63) is 48.3 Å². The largest absolute Gasteiger partial charge is 0.432 e. The fourth-order valence-electron chi connectivity index (χ4n) is 3.03. The van der Waals surface area contributed by atoms with E-state index in [4.69, 9.17) is 4.74 Å². The number of pyridine rings is 1. The zero-order valence-corrected chi connectivity index (χ0v) is 16.1. The molecule has 3 rings (SSSR count). The number of ether oxygens (including phenoxy) is 1. The lowest BCUT2D eigenvalue weighted by Crippen LogP contribution is -2.46. The lowest BCUT2D eigenvalue weighted by atomic mass is 10.0. The van der Waals surface area contributed by atoms with Gasteiger partial charge in [-0.15, -0.1) is 0 Å². The summed E-state index contributed by atoms with van der Waals surface area (Å²) in [6.45, 7) is 5.91. The van der Waals surface area contributed by atoms with E-state index in [0.29, 0.717) is 36.2 Å². The number of nitrogens with one attached hydrogen (secondary N) is 1. The van der Waals surface area contributed by atoms with Gasteiger partial charge in [-0.25, -0.2) is 0 Å². The van der Waals surface area contributed by atoms with E-state index in [2.05, 4.69) is 10.3 Å². The predicted octanol–water partition coefficient (Wildman–Crippen LogP) is 3.81. The van der Waals surface area contributed by atoms with Crippen molar-refractivity contribution in [2.24, 2.45) is 5.92 Å². The number of amides is 1. The first-order valence-corrected chi connectivity index (χ1v) is 9.53. The molecule has 0 radical (unpaired) electrons. The molecule has 2 aromatic rings. The van der Waals surface area contributed by atoms with Crippen molar-refractivity contribution in [2.75, 3.05) is 26.2 Å². The quantitative estimate of drug-likeness (QED) is 0.816. The standard InChI is InChI=1S/C21H25F2N3O2/c1-3-15(2)21(22,23)28-19-7-5-4-6-18(19)16-12-17(14-25-13-16)20(27)26-10-8-24-9-11-26/h4-7,12-15,24H,3,8-11H2,1-2H3. The Morgan fingerprint density at radius 2 is 2.00 bits per heavy atom. The van der Waals surface area contributed by atoms with Crippen molar-refractivity contribution in [3.8, 4) is 16.9 Å². The third-order valence-electron chi connectivity index (χ3n) is 5.02. The summed E-state index contributed by atoms with van der Waals surface area (Å²) in [5.74, 6) is -0.958. The van der Waals surface area contributed by atoms with Gasteiger partial charge in [0.05, 0.1) is 11.5 Å². The van der Waals surface area contributed by atoms with Crippen LogP contribution in [0.5, 0.6) is 5.75 Å². The molecule has 1 atom stereocenters. The van der Waals surface area contributed by atoms with Gasteiger partial charge < -0.3 is 15.0 Å². The summed E-state index contributed by atoms with van der Waals surface area (Å²) >= 11 is 0. The molecule has 1 saturated heterocycles. The fraction of sp³-hybridized carbons (Fsp3) is 0.429. The Kier molecular flexibility index (Phi) is 6.24. The minimum Gasteiger partial charge on any atom is -0.432 e. The summed E-state index contributed by atoms with van der Waals surface area (Å²) in [6.07, 6.45) is 0.0706. The molecule has 0 bridgehead atoms. The van der Waals surface area contributed by atoms with E-state index < -0.39 is 12.0 Å². The van der Waals surface area contributed by atoms with Crippen molar-refractivity contribution in [1.82, 2.24) is 15.2 Å². The second-order valence-corrected chi connectivity index (χ2v) is 6.97. The zero-order valence-electron chi connectivity index (χ0n) is 16.1. The van der Waals surface area contributed by atoms with E-state index in [0.717, 1.165) is 13.1 Å². The Morgan fingerprint density at radius 3 is 2.71 bits per heavy atom. The Balaban J connectivity index is 1.89. The highest BCUT2D eigenvalue weighted by Gasteiger charge is 2.38. The van der Waals surface area contributed by atoms with Gasteiger partial charge in [0.1, 0.15) is 5.75 Å². The average molecular weight is 389 g/mol. The maximum Gasteiger partial charge on any atom is 0.400 e. The van der Waals surface area contributed by atoms with Crippen LogP contribution in [0.3, 0.4) is 0 Å². The smallest absolute Gasteiger partial charge is 0.400 e. The molecule has 5 nitrogen and oxygen atoms in total. The fourth-order valence-corrected chi connectivity index (χ4v) is 3.03. The number of hydrogen-bond acceptors (Lipinski definition) is 4. The molecule has 28 heavy (non-hydrogen) atoms. The lowest BCUT2D eigenvalue weighted by Gasteiger charge is -2.27. The van der Waals surface area contributed by atoms with Gasteiger partial charge in [-0.1, -0.05) is 32.0 Å². The number of rotatable bonds is 6. The van der Waals surface area contributed by atoms with Gasteiger partial charge >= 0.3 is 6.11 Å². The third kappa shape index (κ3) is 4.47. The Morgan fingerprint density at radius 1 is 1.29 bits per heavy atom. The number of halogens is 2. The molecule has 1 N–H and O–H groups in total. The molecule has 0 spiro atoms. The van der Waals surface area contributed by atoms with Crippen LogP contribution in [0.25, 0.3) is 11.1 Å². The van der Waals surface area contributed by atoms with Gasteiger partial charge in [0.25, 0.3) is 5.91 Å². The van der Waals surface area contributed by atoms with Gasteiger partial charge in [0.15, 0.2) is 0 Å². The molecule has 150 valence electrons. The molecule has 2 heterocycles. The minimum atomic E-state index is -3.29. The van der Waals surface area contributed by atoms with Gasteiger partial charge in [0, 0.05) is 49.7 Å². The van der Waals surface area contributed by atoms with E-state index in [9.17, 15) is 13.6 Å². The zero-order chi connectivity index (χ0) is 20.1. The number of piperazine rings is 1. The van der Waals surface area contributed by atoms with Crippen LogP contribution in [0.1, 0.15) is 30.6 Å². The number of para-hydroxylation sites is 1. The summed E-state index contributed by atoms with van der Waals surface area (Å²) < 4.78 is 33.8. The van der Waals surface area contributed by atoms with Gasteiger partial charge in [-0.2, -0.15) is 8.78 Å². The van der Waals surface area contributed by atoms with Crippen molar-refractivity contribution >= 4 is 5.91 Å². The molecule has 1 fully saturated rings. The number of carbonyl (C=O) groups excluding carboxylic acids is 1. The normalized spacial score (nSPS) is 15.9. The summed E-state index contributed by atoms with van der Waals surface area (Å²) in [7, 11) is 0. The molecule has 1 unspecified atom stereocenters. The number of aromatic nitrogens is 1. The summed E-state index contributed by atoms with van der Waals surface area (Å²) in [5.41, 5.74) is 1.48. The van der Waals surface area contributed by atoms with Gasteiger partial charge in [0.2, 0.25) is 0 Å². The van der Waals surface area contributed by atoms with Crippen LogP contribution in [0.2, 0.25) is 0 Å². The first-order chi connectivity index (χ1) is 13.4. The number of alkyl halides is 2. The van der Waals surface area contributed by atoms with Crippen LogP contribution >= 0.6 is 0 Å². The number of nitrogens with zero attached hydrogens (tertiary/aromatic N) is 2. The molecular weight excluding hydrogens is 364 g/mol. The molecule has 1 aliphatic heterocycles. The van der Waals surface area contributed by atoms with Crippen LogP contribution in [0.15, 0.2) is 42.7 Å². The van der Waals surface area contributed by atoms with Gasteiger partial charge in [-0.3, -0.25) is 9.78 Å². The van der Waals surface area contributed by atoms with Crippen molar-refractivity contribution in [2.45, 2.75) is 26.4 Å². The summed E-state index contributed by atoms with van der Waals surface area (Å²) in [5, 5.41) is 3.20. The molecule has 0 saturated carbocycles. The summed E-state index contributed by atoms with van der Waals surface area (Å²) in [6, 6.07) is 8.28. The predicted molar refractivity (Wildman–Crippen MR) is 103 cm³/mol. The highest BCUT2D eigenvalue weighted by Crippen LogP contribution is 2.36. The highest BCUT2D eigenvalue weighted by atomic mass is 19.3. The molecule has 1 aliphatic rings. The second kappa shape index (κ2) is 8.65. The maximum atomic E-state index is 14.3. The van der Waals surface area contributed by atoms with E-state index in [1.165, 1.54) is 19.2 Å². The van der Waals surface area contributed by atoms with Gasteiger partial charge in [-0.05, 0) is 18.6 Å². The number of carbonyl (C=O) groups is 1. The van der Waals surface area contributed by atoms with E-state index in [-0.39, 0.29) is 11.7 Å². The molecule has 1 aromatic carbocycles. The SMILES string of the molecule is CCC(C)C(F)(F)Oc1ccccc1-c1cncc(C(=O)N2CCNCC2)c1. The molecule has 7 heteroatoms. The Labute approximate surface area is 163 Å². The first kappa shape index (κ1) is 20.2. The second-order valence-electron chi connectivity index (χ2n) is 6.97. The lowest BCUT2D eigenvalue weighted by molar-refractivity contribution is -0.211.